The van der Waals surface area contributed by atoms with Gasteiger partial charge in [-0.2, -0.15) is 18.3 Å². The number of nitrogens with zero attached hydrogens (tertiary/aromatic N) is 3. The molecule has 8 heteroatoms. The first-order valence-corrected chi connectivity index (χ1v) is 7.66. The van der Waals surface area contributed by atoms with E-state index in [1.165, 1.54) is 18.5 Å². The molecular formula is C18H14F3N3O2. The van der Waals surface area contributed by atoms with Crippen molar-refractivity contribution >= 4 is 5.97 Å². The number of benzene rings is 2. The van der Waals surface area contributed by atoms with Crippen molar-refractivity contribution in [2.75, 3.05) is 0 Å². The van der Waals surface area contributed by atoms with Crippen LogP contribution < -0.4 is 0 Å². The van der Waals surface area contributed by atoms with E-state index >= 15 is 0 Å². The lowest BCUT2D eigenvalue weighted by molar-refractivity contribution is -0.137. The monoisotopic (exact) mass is 361 g/mol. The molecule has 0 aliphatic heterocycles. The normalized spacial score (nSPS) is 11.3. The highest BCUT2D eigenvalue weighted by Gasteiger charge is 2.30. The molecule has 0 aliphatic rings. The molecule has 0 unspecified atom stereocenters. The van der Waals surface area contributed by atoms with Crippen LogP contribution in [-0.4, -0.2) is 20.7 Å². The molecule has 0 radical (unpaired) electrons. The summed E-state index contributed by atoms with van der Waals surface area (Å²) in [5.41, 5.74) is 0.740. The summed E-state index contributed by atoms with van der Waals surface area (Å²) in [7, 11) is 0. The minimum atomic E-state index is -4.43. The molecule has 0 saturated heterocycles. The van der Waals surface area contributed by atoms with Crippen molar-refractivity contribution in [3.63, 3.8) is 0 Å². The Balaban J connectivity index is 1.60. The number of carbonyl (C=O) groups is 1. The van der Waals surface area contributed by atoms with Crippen molar-refractivity contribution in [1.82, 2.24) is 14.8 Å². The maximum atomic E-state index is 12.7. The molecule has 0 fully saturated rings. The smallest absolute Gasteiger partial charge is 0.416 e. The Morgan fingerprint density at radius 3 is 2.50 bits per heavy atom. The Kier molecular flexibility index (Phi) is 5.01. The molecule has 0 atom stereocenters. The van der Waals surface area contributed by atoms with Gasteiger partial charge in [0.05, 0.1) is 17.7 Å². The maximum Gasteiger partial charge on any atom is 0.416 e. The van der Waals surface area contributed by atoms with E-state index in [9.17, 15) is 18.0 Å². The van der Waals surface area contributed by atoms with Gasteiger partial charge in [-0.05, 0) is 35.4 Å². The molecule has 0 saturated carbocycles. The fraction of sp³-hybridized carbons (Fsp3) is 0.167. The Labute approximate surface area is 147 Å². The Bertz CT molecular complexity index is 875. The SMILES string of the molecule is O=C(OCc1cccc(C(F)(F)F)c1)c1ccc(Cn2cncn2)cc1. The van der Waals surface area contributed by atoms with Gasteiger partial charge in [0.15, 0.2) is 0 Å². The third-order valence-corrected chi connectivity index (χ3v) is 3.63. The second-order valence-electron chi connectivity index (χ2n) is 5.56. The highest BCUT2D eigenvalue weighted by Crippen LogP contribution is 2.29. The molecule has 0 amide bonds. The van der Waals surface area contributed by atoms with Gasteiger partial charge in [-0.1, -0.05) is 24.3 Å². The average Bonchev–Trinajstić information content (AvgIpc) is 3.13. The van der Waals surface area contributed by atoms with E-state index in [2.05, 4.69) is 10.1 Å². The van der Waals surface area contributed by atoms with E-state index in [0.717, 1.165) is 17.7 Å². The zero-order valence-electron chi connectivity index (χ0n) is 13.5. The summed E-state index contributed by atoms with van der Waals surface area (Å²) in [5.74, 6) is -0.602. The van der Waals surface area contributed by atoms with E-state index in [0.29, 0.717) is 12.1 Å². The van der Waals surface area contributed by atoms with Gasteiger partial charge in [-0.15, -0.1) is 0 Å². The zero-order chi connectivity index (χ0) is 18.6. The third kappa shape index (κ3) is 4.47. The van der Waals surface area contributed by atoms with Gasteiger partial charge >= 0.3 is 12.1 Å². The first-order chi connectivity index (χ1) is 12.4. The fourth-order valence-corrected chi connectivity index (χ4v) is 2.32. The highest BCUT2D eigenvalue weighted by molar-refractivity contribution is 5.89. The first kappa shape index (κ1) is 17.7. The van der Waals surface area contributed by atoms with E-state index in [-0.39, 0.29) is 12.2 Å². The molecule has 2 aromatic carbocycles. The van der Waals surface area contributed by atoms with Crippen LogP contribution in [0.4, 0.5) is 13.2 Å². The molecule has 1 heterocycles. The van der Waals surface area contributed by atoms with Crippen LogP contribution in [0.5, 0.6) is 0 Å². The quantitative estimate of drug-likeness (QED) is 0.650. The van der Waals surface area contributed by atoms with Crippen LogP contribution in [0.1, 0.15) is 27.0 Å². The fourth-order valence-electron chi connectivity index (χ4n) is 2.32. The number of ether oxygens (including phenoxy) is 1. The van der Waals surface area contributed by atoms with Crippen molar-refractivity contribution in [2.24, 2.45) is 0 Å². The average molecular weight is 361 g/mol. The maximum absolute atomic E-state index is 12.7. The van der Waals surface area contributed by atoms with Crippen molar-refractivity contribution in [1.29, 1.82) is 0 Å². The van der Waals surface area contributed by atoms with Crippen LogP contribution in [0.15, 0.2) is 61.2 Å². The molecule has 0 N–H and O–H groups in total. The molecular weight excluding hydrogens is 347 g/mol. The predicted octanol–water partition coefficient (Wildman–Crippen LogP) is 3.70. The van der Waals surface area contributed by atoms with Gasteiger partial charge in [-0.3, -0.25) is 0 Å². The second-order valence-corrected chi connectivity index (χ2v) is 5.56. The third-order valence-electron chi connectivity index (χ3n) is 3.63. The lowest BCUT2D eigenvalue weighted by Gasteiger charge is -2.09. The van der Waals surface area contributed by atoms with Crippen molar-refractivity contribution in [3.05, 3.63) is 83.4 Å². The van der Waals surface area contributed by atoms with Crippen LogP contribution in [0.2, 0.25) is 0 Å². The van der Waals surface area contributed by atoms with Crippen LogP contribution in [-0.2, 0) is 24.1 Å². The summed E-state index contributed by atoms with van der Waals surface area (Å²) in [6, 6.07) is 11.4. The number of carbonyl (C=O) groups excluding carboxylic acids is 1. The summed E-state index contributed by atoms with van der Waals surface area (Å²) in [4.78, 5) is 15.9. The van der Waals surface area contributed by atoms with Gasteiger partial charge < -0.3 is 4.74 Å². The van der Waals surface area contributed by atoms with Gasteiger partial charge in [0, 0.05) is 0 Å². The molecule has 0 spiro atoms. The molecule has 3 rings (SSSR count). The molecule has 0 bridgehead atoms. The van der Waals surface area contributed by atoms with Crippen molar-refractivity contribution < 1.29 is 22.7 Å². The van der Waals surface area contributed by atoms with E-state index in [4.69, 9.17) is 4.74 Å². The van der Waals surface area contributed by atoms with Crippen molar-refractivity contribution in [3.8, 4) is 0 Å². The summed E-state index contributed by atoms with van der Waals surface area (Å²) in [5, 5.41) is 3.99. The van der Waals surface area contributed by atoms with Gasteiger partial charge in [0.2, 0.25) is 0 Å². The minimum absolute atomic E-state index is 0.233. The molecule has 3 aromatic rings. The van der Waals surface area contributed by atoms with Crippen molar-refractivity contribution in [2.45, 2.75) is 19.3 Å². The molecule has 0 aliphatic carbocycles. The number of hydrogen-bond acceptors (Lipinski definition) is 4. The zero-order valence-corrected chi connectivity index (χ0v) is 13.5. The largest absolute Gasteiger partial charge is 0.457 e. The molecule has 5 nitrogen and oxygen atoms in total. The van der Waals surface area contributed by atoms with E-state index in [1.54, 1.807) is 35.3 Å². The Hall–Kier alpha value is -3.16. The van der Waals surface area contributed by atoms with Crippen LogP contribution >= 0.6 is 0 Å². The first-order valence-electron chi connectivity index (χ1n) is 7.66. The number of halogens is 3. The Morgan fingerprint density at radius 2 is 1.85 bits per heavy atom. The topological polar surface area (TPSA) is 57.0 Å². The number of aromatic nitrogens is 3. The number of esters is 1. The molecule has 1 aromatic heterocycles. The lowest BCUT2D eigenvalue weighted by atomic mass is 10.1. The van der Waals surface area contributed by atoms with Gasteiger partial charge in [0.25, 0.3) is 0 Å². The number of rotatable bonds is 5. The van der Waals surface area contributed by atoms with Crippen LogP contribution in [0.25, 0.3) is 0 Å². The summed E-state index contributed by atoms with van der Waals surface area (Å²) >= 11 is 0. The standard InChI is InChI=1S/C18H14F3N3O2/c19-18(20,21)16-3-1-2-14(8-16)10-26-17(25)15-6-4-13(5-7-15)9-24-12-22-11-23-24/h1-8,11-12H,9-10H2. The highest BCUT2D eigenvalue weighted by atomic mass is 19.4. The van der Waals surface area contributed by atoms with Gasteiger partial charge in [-0.25, -0.2) is 14.5 Å². The minimum Gasteiger partial charge on any atom is -0.457 e. The van der Waals surface area contributed by atoms with Crippen LogP contribution in [0, 0.1) is 0 Å². The van der Waals surface area contributed by atoms with Gasteiger partial charge in [0.1, 0.15) is 19.3 Å². The molecule has 26 heavy (non-hydrogen) atoms. The summed E-state index contributed by atoms with van der Waals surface area (Å²) < 4.78 is 44.8. The number of hydrogen-bond donors (Lipinski definition) is 0. The Morgan fingerprint density at radius 1 is 1.08 bits per heavy atom. The lowest BCUT2D eigenvalue weighted by Crippen LogP contribution is -2.08. The number of alkyl halides is 3. The molecule has 134 valence electrons. The van der Waals surface area contributed by atoms with E-state index in [1.807, 2.05) is 0 Å². The predicted molar refractivity (Wildman–Crippen MR) is 86.1 cm³/mol. The van der Waals surface area contributed by atoms with E-state index < -0.39 is 17.7 Å². The summed E-state index contributed by atoms with van der Waals surface area (Å²) in [6.07, 6.45) is -1.42. The summed E-state index contributed by atoms with van der Waals surface area (Å²) in [6.45, 7) is 0.281. The van der Waals surface area contributed by atoms with Crippen LogP contribution in [0.3, 0.4) is 0 Å². The second kappa shape index (κ2) is 7.38.